The molecule has 0 atom stereocenters. The Balaban J connectivity index is 2.79. The molecule has 0 aliphatic rings. The Labute approximate surface area is 98.2 Å². The van der Waals surface area contributed by atoms with E-state index in [1.165, 1.54) is 7.11 Å². The van der Waals surface area contributed by atoms with Gasteiger partial charge in [-0.15, -0.1) is 11.8 Å². The van der Waals surface area contributed by atoms with Crippen molar-refractivity contribution in [3.63, 3.8) is 0 Å². The van der Waals surface area contributed by atoms with E-state index in [2.05, 4.69) is 16.6 Å². The van der Waals surface area contributed by atoms with E-state index in [-0.39, 0.29) is 0 Å². The number of carbonyl (C=O) groups excluding carboxylic acids is 2. The van der Waals surface area contributed by atoms with Gasteiger partial charge >= 0.3 is 5.97 Å². The van der Waals surface area contributed by atoms with Crippen molar-refractivity contribution >= 4 is 23.5 Å². The first kappa shape index (κ1) is 12.3. The predicted octanol–water partition coefficient (Wildman–Crippen LogP) is 1.77. The van der Waals surface area contributed by atoms with Gasteiger partial charge in [-0.2, -0.15) is 0 Å². The van der Waals surface area contributed by atoms with E-state index in [1.54, 1.807) is 23.9 Å². The summed E-state index contributed by atoms with van der Waals surface area (Å²) in [5.74, 6) is 3.21. The SMILES string of the molecule is COC(=O)C#CC(=O)c1ccc(SC)cc1. The Bertz CT molecular complexity index is 451. The third-order valence-electron chi connectivity index (χ3n) is 1.82. The molecule has 0 spiro atoms. The van der Waals surface area contributed by atoms with E-state index >= 15 is 0 Å². The summed E-state index contributed by atoms with van der Waals surface area (Å²) in [4.78, 5) is 23.2. The molecule has 82 valence electrons. The molecule has 0 bridgehead atoms. The fourth-order valence-electron chi connectivity index (χ4n) is 0.973. The molecule has 0 N–H and O–H groups in total. The van der Waals surface area contributed by atoms with Crippen LogP contribution in [0.2, 0.25) is 0 Å². The van der Waals surface area contributed by atoms with E-state index in [1.807, 2.05) is 18.4 Å². The van der Waals surface area contributed by atoms with Gasteiger partial charge in [0.05, 0.1) is 7.11 Å². The average Bonchev–Trinajstić information content (AvgIpc) is 2.35. The average molecular weight is 234 g/mol. The van der Waals surface area contributed by atoms with Crippen LogP contribution in [0.15, 0.2) is 29.2 Å². The van der Waals surface area contributed by atoms with Gasteiger partial charge in [-0.1, -0.05) is 0 Å². The van der Waals surface area contributed by atoms with Crippen molar-refractivity contribution in [2.45, 2.75) is 4.90 Å². The maximum atomic E-state index is 11.5. The Kier molecular flexibility index (Phi) is 4.62. The van der Waals surface area contributed by atoms with Crippen LogP contribution in [0, 0.1) is 11.8 Å². The van der Waals surface area contributed by atoms with Gasteiger partial charge in [-0.05, 0) is 36.4 Å². The molecule has 0 aliphatic heterocycles. The lowest BCUT2D eigenvalue weighted by molar-refractivity contribution is -0.133. The molecule has 1 aromatic carbocycles. The lowest BCUT2D eigenvalue weighted by Gasteiger charge is -1.96. The Morgan fingerprint density at radius 2 is 1.81 bits per heavy atom. The minimum Gasteiger partial charge on any atom is -0.459 e. The fourth-order valence-corrected chi connectivity index (χ4v) is 1.38. The number of hydrogen-bond acceptors (Lipinski definition) is 4. The molecule has 0 radical (unpaired) electrons. The molecular weight excluding hydrogens is 224 g/mol. The molecule has 0 fully saturated rings. The summed E-state index contributed by atoms with van der Waals surface area (Å²) in [5, 5.41) is 0. The number of esters is 1. The van der Waals surface area contributed by atoms with Gasteiger partial charge in [0.2, 0.25) is 5.78 Å². The summed E-state index contributed by atoms with van der Waals surface area (Å²) >= 11 is 1.59. The first-order chi connectivity index (χ1) is 7.67. The summed E-state index contributed by atoms with van der Waals surface area (Å²) in [7, 11) is 1.22. The van der Waals surface area contributed by atoms with Crippen molar-refractivity contribution in [1.29, 1.82) is 0 Å². The van der Waals surface area contributed by atoms with Crippen LogP contribution < -0.4 is 0 Å². The second kappa shape index (κ2) is 5.99. The van der Waals surface area contributed by atoms with Crippen molar-refractivity contribution in [2.75, 3.05) is 13.4 Å². The van der Waals surface area contributed by atoms with E-state index in [0.717, 1.165) is 4.90 Å². The zero-order chi connectivity index (χ0) is 12.0. The van der Waals surface area contributed by atoms with E-state index in [4.69, 9.17) is 0 Å². The highest BCUT2D eigenvalue weighted by Crippen LogP contribution is 2.14. The standard InChI is InChI=1S/C12H10O3S/c1-15-12(14)8-7-11(13)9-3-5-10(16-2)6-4-9/h3-6H,1-2H3. The second-order valence-electron chi connectivity index (χ2n) is 2.80. The predicted molar refractivity (Wildman–Crippen MR) is 62.3 cm³/mol. The van der Waals surface area contributed by atoms with Crippen LogP contribution in [-0.2, 0) is 9.53 Å². The van der Waals surface area contributed by atoms with Crippen molar-refractivity contribution in [3.05, 3.63) is 29.8 Å². The van der Waals surface area contributed by atoms with Crippen LogP contribution >= 0.6 is 11.8 Å². The Hall–Kier alpha value is -1.73. The summed E-state index contributed by atoms with van der Waals surface area (Å²) in [6, 6.07) is 7.02. The van der Waals surface area contributed by atoms with E-state index < -0.39 is 11.8 Å². The van der Waals surface area contributed by atoms with Crippen LogP contribution in [0.5, 0.6) is 0 Å². The number of ketones is 1. The molecule has 0 saturated carbocycles. The van der Waals surface area contributed by atoms with Crippen LogP contribution in [0.3, 0.4) is 0 Å². The normalized spacial score (nSPS) is 8.88. The monoisotopic (exact) mass is 234 g/mol. The van der Waals surface area contributed by atoms with Crippen molar-refractivity contribution < 1.29 is 14.3 Å². The van der Waals surface area contributed by atoms with Crippen molar-refractivity contribution in [1.82, 2.24) is 0 Å². The van der Waals surface area contributed by atoms with Crippen LogP contribution in [0.25, 0.3) is 0 Å². The minimum atomic E-state index is -0.714. The quantitative estimate of drug-likeness (QED) is 0.195. The molecule has 0 unspecified atom stereocenters. The van der Waals surface area contributed by atoms with Gasteiger partial charge < -0.3 is 4.74 Å². The van der Waals surface area contributed by atoms with Crippen molar-refractivity contribution in [3.8, 4) is 11.8 Å². The Morgan fingerprint density at radius 1 is 1.19 bits per heavy atom. The zero-order valence-corrected chi connectivity index (χ0v) is 9.76. The topological polar surface area (TPSA) is 43.4 Å². The number of rotatable bonds is 2. The Morgan fingerprint density at radius 3 is 2.31 bits per heavy atom. The van der Waals surface area contributed by atoms with Crippen LogP contribution in [0.1, 0.15) is 10.4 Å². The summed E-state index contributed by atoms with van der Waals surface area (Å²) < 4.78 is 4.30. The van der Waals surface area contributed by atoms with Crippen molar-refractivity contribution in [2.24, 2.45) is 0 Å². The number of carbonyl (C=O) groups is 2. The molecule has 1 aromatic rings. The molecule has 0 amide bonds. The smallest absolute Gasteiger partial charge is 0.384 e. The molecule has 0 heterocycles. The highest BCUT2D eigenvalue weighted by Gasteiger charge is 2.02. The summed E-state index contributed by atoms with van der Waals surface area (Å²) in [5.41, 5.74) is 0.467. The van der Waals surface area contributed by atoms with Gasteiger partial charge in [0.15, 0.2) is 0 Å². The number of thioether (sulfide) groups is 1. The third-order valence-corrected chi connectivity index (χ3v) is 2.56. The number of ether oxygens (including phenoxy) is 1. The largest absolute Gasteiger partial charge is 0.459 e. The van der Waals surface area contributed by atoms with Gasteiger partial charge in [-0.3, -0.25) is 4.79 Å². The molecule has 4 heteroatoms. The minimum absolute atomic E-state index is 0.391. The van der Waals surface area contributed by atoms with E-state index in [0.29, 0.717) is 5.56 Å². The molecule has 0 saturated heterocycles. The summed E-state index contributed by atoms with van der Waals surface area (Å²) in [6.07, 6.45) is 1.95. The van der Waals surface area contributed by atoms with Gasteiger partial charge in [0, 0.05) is 16.4 Å². The molecule has 0 aliphatic carbocycles. The highest BCUT2D eigenvalue weighted by molar-refractivity contribution is 7.98. The third kappa shape index (κ3) is 3.44. The number of methoxy groups -OCH3 is 1. The molecule has 0 aromatic heterocycles. The molecular formula is C12H10O3S. The maximum absolute atomic E-state index is 11.5. The van der Waals surface area contributed by atoms with Crippen LogP contribution in [0.4, 0.5) is 0 Å². The van der Waals surface area contributed by atoms with E-state index in [9.17, 15) is 9.59 Å². The maximum Gasteiger partial charge on any atom is 0.384 e. The second-order valence-corrected chi connectivity index (χ2v) is 3.68. The number of Topliss-reactive ketones (excluding diaryl/α,β-unsaturated/α-hetero) is 1. The van der Waals surface area contributed by atoms with Gasteiger partial charge in [0.1, 0.15) is 0 Å². The van der Waals surface area contributed by atoms with Gasteiger partial charge in [-0.25, -0.2) is 4.79 Å². The molecule has 16 heavy (non-hydrogen) atoms. The number of benzene rings is 1. The highest BCUT2D eigenvalue weighted by atomic mass is 32.2. The lowest BCUT2D eigenvalue weighted by atomic mass is 10.1. The number of hydrogen-bond donors (Lipinski definition) is 0. The fraction of sp³-hybridized carbons (Fsp3) is 0.167. The lowest BCUT2D eigenvalue weighted by Crippen LogP contribution is -1.99. The molecule has 3 nitrogen and oxygen atoms in total. The first-order valence-corrected chi connectivity index (χ1v) is 5.68. The van der Waals surface area contributed by atoms with Crippen LogP contribution in [-0.4, -0.2) is 25.1 Å². The first-order valence-electron chi connectivity index (χ1n) is 4.45. The zero-order valence-electron chi connectivity index (χ0n) is 8.94. The summed E-state index contributed by atoms with van der Waals surface area (Å²) in [6.45, 7) is 0. The molecule has 1 rings (SSSR count). The van der Waals surface area contributed by atoms with Gasteiger partial charge in [0.25, 0.3) is 0 Å².